The van der Waals surface area contributed by atoms with Gasteiger partial charge in [0.15, 0.2) is 34.2 Å². The summed E-state index contributed by atoms with van der Waals surface area (Å²) in [7, 11) is 0. The number of aromatic nitrogens is 6. The van der Waals surface area contributed by atoms with Gasteiger partial charge in [0.05, 0.1) is 33.1 Å². The van der Waals surface area contributed by atoms with E-state index >= 15 is 0 Å². The minimum Gasteiger partial charge on any atom is -0.454 e. The number of furan rings is 3. The molecule has 19 rings (SSSR count). The van der Waals surface area contributed by atoms with Crippen LogP contribution in [0.5, 0.6) is 0 Å². The van der Waals surface area contributed by atoms with Gasteiger partial charge in [-0.1, -0.05) is 164 Å². The molecule has 0 fully saturated rings. The zero-order valence-corrected chi connectivity index (χ0v) is 44.7. The average Bonchev–Trinajstić information content (AvgIpc) is 2.88. The van der Waals surface area contributed by atoms with Crippen molar-refractivity contribution < 1.29 is 13.3 Å². The van der Waals surface area contributed by atoms with Gasteiger partial charge in [0, 0.05) is 98.4 Å². The summed E-state index contributed by atoms with van der Waals surface area (Å²) in [6, 6.07) is 89.4. The first kappa shape index (κ1) is 45.2. The van der Waals surface area contributed by atoms with E-state index in [-0.39, 0.29) is 0 Å². The zero-order valence-electron chi connectivity index (χ0n) is 44.7. The lowest BCUT2D eigenvalue weighted by Crippen LogP contribution is -2.02. The fourth-order valence-electron chi connectivity index (χ4n) is 13.6. The molecule has 0 bridgehead atoms. The highest BCUT2D eigenvalue weighted by atomic mass is 16.3. The van der Waals surface area contributed by atoms with E-state index in [1.165, 1.54) is 0 Å². The van der Waals surface area contributed by atoms with Crippen molar-refractivity contribution in [1.82, 2.24) is 28.7 Å². The van der Waals surface area contributed by atoms with E-state index in [2.05, 4.69) is 232 Å². The number of para-hydroxylation sites is 6. The Bertz CT molecular complexity index is 5430. The van der Waals surface area contributed by atoms with Crippen molar-refractivity contribution in [3.63, 3.8) is 0 Å². The maximum Gasteiger partial charge on any atom is 0.164 e. The number of benzene rings is 12. The summed E-state index contributed by atoms with van der Waals surface area (Å²) in [5.41, 5.74) is 16.6. The maximum atomic E-state index is 6.77. The van der Waals surface area contributed by atoms with Crippen LogP contribution >= 0.6 is 0 Å². The summed E-state index contributed by atoms with van der Waals surface area (Å²) in [6.45, 7) is 0. The van der Waals surface area contributed by atoms with Gasteiger partial charge < -0.3 is 27.0 Å². The Hall–Kier alpha value is -11.6. The second-order valence-corrected chi connectivity index (χ2v) is 21.8. The van der Waals surface area contributed by atoms with Crippen molar-refractivity contribution in [3.8, 4) is 51.2 Å². The molecule has 390 valence electrons. The molecule has 7 heterocycles. The minimum absolute atomic E-state index is 0.531. The summed E-state index contributed by atoms with van der Waals surface area (Å²) in [5, 5.41) is 13.2. The van der Waals surface area contributed by atoms with Crippen LogP contribution in [0.1, 0.15) is 0 Å². The molecule has 9 nitrogen and oxygen atoms in total. The standard InChI is InChI=1S/C75H42N6O3/c1-7-28-61-49(22-1)55-34-37-58-52-25-4-10-31-64(52)82-70(58)67(55)79(61)46-19-13-16-43(40-46)73-76-74(44-17-14-20-47(41-44)80-62-29-8-2-23-50(62)56-35-38-59-53-26-5-11-32-65(53)83-71(59)68(56)80)78-75(77-73)45-18-15-21-48(42-45)81-63-30-9-3-24-51(63)57-36-39-60-54-27-6-12-33-66(54)84-72(60)69(57)81/h1-42H. The molecule has 0 unspecified atom stereocenters. The Morgan fingerprint density at radius 2 is 0.500 bits per heavy atom. The van der Waals surface area contributed by atoms with Crippen molar-refractivity contribution in [2.24, 2.45) is 0 Å². The molecule has 0 amide bonds. The molecule has 0 N–H and O–H groups in total. The van der Waals surface area contributed by atoms with Gasteiger partial charge in [0.2, 0.25) is 0 Å². The molecular formula is C75H42N6O3. The summed E-state index contributed by atoms with van der Waals surface area (Å²) in [6.07, 6.45) is 0. The maximum absolute atomic E-state index is 6.77. The molecule has 9 heteroatoms. The Labute approximate surface area is 476 Å². The molecule has 7 aromatic heterocycles. The summed E-state index contributed by atoms with van der Waals surface area (Å²) in [4.78, 5) is 16.4. The summed E-state index contributed by atoms with van der Waals surface area (Å²) < 4.78 is 27.3. The molecule has 0 radical (unpaired) electrons. The van der Waals surface area contributed by atoms with Gasteiger partial charge in [-0.3, -0.25) is 0 Å². The van der Waals surface area contributed by atoms with E-state index in [1.54, 1.807) is 0 Å². The first-order chi connectivity index (χ1) is 41.6. The van der Waals surface area contributed by atoms with E-state index in [0.29, 0.717) is 17.5 Å². The van der Waals surface area contributed by atoms with Crippen LogP contribution in [-0.2, 0) is 0 Å². The smallest absolute Gasteiger partial charge is 0.164 e. The third-order valence-corrected chi connectivity index (χ3v) is 17.3. The molecule has 0 saturated heterocycles. The zero-order chi connectivity index (χ0) is 54.7. The quantitative estimate of drug-likeness (QED) is 0.165. The van der Waals surface area contributed by atoms with Crippen LogP contribution in [0.2, 0.25) is 0 Å². The van der Waals surface area contributed by atoms with Crippen LogP contribution in [-0.4, -0.2) is 28.7 Å². The van der Waals surface area contributed by atoms with Crippen molar-refractivity contribution in [1.29, 1.82) is 0 Å². The molecule has 19 aromatic rings. The van der Waals surface area contributed by atoms with Crippen LogP contribution in [0.4, 0.5) is 0 Å². The lowest BCUT2D eigenvalue weighted by molar-refractivity contribution is 0.670. The largest absolute Gasteiger partial charge is 0.454 e. The molecule has 84 heavy (non-hydrogen) atoms. The lowest BCUT2D eigenvalue weighted by atomic mass is 10.1. The van der Waals surface area contributed by atoms with E-state index in [0.717, 1.165) is 165 Å². The van der Waals surface area contributed by atoms with Crippen LogP contribution in [0.25, 0.3) is 182 Å². The highest BCUT2D eigenvalue weighted by Gasteiger charge is 2.24. The molecule has 0 aliphatic rings. The Morgan fingerprint density at radius 3 is 0.821 bits per heavy atom. The first-order valence-corrected chi connectivity index (χ1v) is 28.2. The van der Waals surface area contributed by atoms with Crippen molar-refractivity contribution >= 4 is 131 Å². The minimum atomic E-state index is 0.531. The van der Waals surface area contributed by atoms with Gasteiger partial charge in [-0.25, -0.2) is 15.0 Å². The van der Waals surface area contributed by atoms with Gasteiger partial charge in [0.1, 0.15) is 16.7 Å². The fraction of sp³-hybridized carbons (Fsp3) is 0. The van der Waals surface area contributed by atoms with Crippen LogP contribution in [0.15, 0.2) is 268 Å². The normalized spacial score (nSPS) is 12.3. The highest BCUT2D eigenvalue weighted by molar-refractivity contribution is 6.24. The van der Waals surface area contributed by atoms with Crippen LogP contribution < -0.4 is 0 Å². The molecule has 0 atom stereocenters. The van der Waals surface area contributed by atoms with E-state index in [9.17, 15) is 0 Å². The average molecular weight is 1080 g/mol. The molecule has 0 saturated carbocycles. The molecule has 0 spiro atoms. The molecular weight excluding hydrogens is 1030 g/mol. The molecule has 0 aliphatic carbocycles. The number of fused-ring (bicyclic) bond motifs is 21. The second kappa shape index (κ2) is 17.0. The van der Waals surface area contributed by atoms with Crippen molar-refractivity contribution in [3.05, 3.63) is 255 Å². The number of hydrogen-bond acceptors (Lipinski definition) is 6. The van der Waals surface area contributed by atoms with Crippen molar-refractivity contribution in [2.75, 3.05) is 0 Å². The summed E-state index contributed by atoms with van der Waals surface area (Å²) >= 11 is 0. The summed E-state index contributed by atoms with van der Waals surface area (Å²) in [5.74, 6) is 1.59. The third-order valence-electron chi connectivity index (χ3n) is 17.3. The Balaban J connectivity index is 0.839. The molecule has 12 aromatic carbocycles. The third kappa shape index (κ3) is 6.34. The van der Waals surface area contributed by atoms with Crippen LogP contribution in [0, 0.1) is 0 Å². The van der Waals surface area contributed by atoms with Crippen molar-refractivity contribution in [2.45, 2.75) is 0 Å². The van der Waals surface area contributed by atoms with Gasteiger partial charge in [0.25, 0.3) is 0 Å². The Kier molecular flexibility index (Phi) is 9.15. The van der Waals surface area contributed by atoms with Gasteiger partial charge in [-0.05, 0) is 91.0 Å². The SMILES string of the molecule is c1cc(-c2nc(-c3cccc(-n4c5ccccc5c5ccc6c7ccccc7oc6c54)c3)nc(-c3cccc(-n4c5ccccc5c5ccc6c7ccccc7oc6c54)c3)n2)cc(-n2c3ccccc3c3ccc4c5ccccc5oc4c32)c1. The van der Waals surface area contributed by atoms with E-state index in [4.69, 9.17) is 28.2 Å². The number of nitrogens with zero attached hydrogens (tertiary/aromatic N) is 6. The van der Waals surface area contributed by atoms with Crippen LogP contribution in [0.3, 0.4) is 0 Å². The lowest BCUT2D eigenvalue weighted by Gasteiger charge is -2.14. The van der Waals surface area contributed by atoms with E-state index in [1.807, 2.05) is 36.4 Å². The van der Waals surface area contributed by atoms with Gasteiger partial charge >= 0.3 is 0 Å². The topological polar surface area (TPSA) is 92.9 Å². The Morgan fingerprint density at radius 1 is 0.226 bits per heavy atom. The second-order valence-electron chi connectivity index (χ2n) is 21.8. The highest BCUT2D eigenvalue weighted by Crippen LogP contribution is 2.45. The number of rotatable bonds is 6. The van der Waals surface area contributed by atoms with Gasteiger partial charge in [-0.15, -0.1) is 0 Å². The fourth-order valence-corrected chi connectivity index (χ4v) is 13.6. The monoisotopic (exact) mass is 1070 g/mol. The molecule has 0 aliphatic heterocycles. The first-order valence-electron chi connectivity index (χ1n) is 28.2. The van der Waals surface area contributed by atoms with Gasteiger partial charge in [-0.2, -0.15) is 0 Å². The number of hydrogen-bond donors (Lipinski definition) is 0. The predicted octanol–water partition coefficient (Wildman–Crippen LogP) is 19.9. The van der Waals surface area contributed by atoms with E-state index < -0.39 is 0 Å². The predicted molar refractivity (Wildman–Crippen MR) is 341 cm³/mol.